The van der Waals surface area contributed by atoms with Gasteiger partial charge in [-0.2, -0.15) is 4.98 Å². The van der Waals surface area contributed by atoms with E-state index in [0.717, 1.165) is 30.6 Å². The van der Waals surface area contributed by atoms with Crippen LogP contribution in [0.5, 0.6) is 0 Å². The number of carbonyl (C=O) groups is 1. The second-order valence-corrected chi connectivity index (χ2v) is 6.38. The van der Waals surface area contributed by atoms with Gasteiger partial charge in [0.05, 0.1) is 11.7 Å². The highest BCUT2D eigenvalue weighted by Gasteiger charge is 2.30. The van der Waals surface area contributed by atoms with Gasteiger partial charge >= 0.3 is 0 Å². The molecule has 3 heterocycles. The topological polar surface area (TPSA) is 72.1 Å². The van der Waals surface area contributed by atoms with E-state index in [0.29, 0.717) is 24.6 Å². The molecule has 26 heavy (non-hydrogen) atoms. The summed E-state index contributed by atoms with van der Waals surface area (Å²) in [6, 6.07) is 15.6. The van der Waals surface area contributed by atoms with E-state index in [1.165, 1.54) is 0 Å². The molecule has 1 aromatic carbocycles. The zero-order valence-electron chi connectivity index (χ0n) is 14.4. The Labute approximate surface area is 151 Å². The van der Waals surface area contributed by atoms with Crippen molar-refractivity contribution in [3.8, 4) is 11.4 Å². The van der Waals surface area contributed by atoms with E-state index in [1.54, 1.807) is 6.20 Å². The number of aryl methyl sites for hydroxylation is 1. The van der Waals surface area contributed by atoms with E-state index < -0.39 is 0 Å². The van der Waals surface area contributed by atoms with Crippen LogP contribution in [0.3, 0.4) is 0 Å². The van der Waals surface area contributed by atoms with E-state index in [4.69, 9.17) is 4.52 Å². The fourth-order valence-electron chi connectivity index (χ4n) is 3.36. The molecule has 1 unspecified atom stereocenters. The first-order chi connectivity index (χ1) is 12.8. The molecule has 3 aromatic rings. The first-order valence-corrected chi connectivity index (χ1v) is 8.89. The molecule has 1 saturated heterocycles. The van der Waals surface area contributed by atoms with Gasteiger partial charge in [0.25, 0.3) is 0 Å². The maximum atomic E-state index is 12.7. The van der Waals surface area contributed by atoms with E-state index in [-0.39, 0.29) is 11.9 Å². The van der Waals surface area contributed by atoms with Gasteiger partial charge in [-0.05, 0) is 25.0 Å². The molecule has 4 rings (SSSR count). The van der Waals surface area contributed by atoms with E-state index in [1.807, 2.05) is 53.4 Å². The molecular weight excluding hydrogens is 328 g/mol. The van der Waals surface area contributed by atoms with Gasteiger partial charge in [0.1, 0.15) is 0 Å². The number of benzene rings is 1. The van der Waals surface area contributed by atoms with Crippen molar-refractivity contribution >= 4 is 5.91 Å². The van der Waals surface area contributed by atoms with Gasteiger partial charge in [0.2, 0.25) is 17.6 Å². The highest BCUT2D eigenvalue weighted by atomic mass is 16.5. The maximum Gasteiger partial charge on any atom is 0.227 e. The maximum absolute atomic E-state index is 12.7. The number of amides is 1. The molecule has 1 atom stereocenters. The molecule has 0 saturated carbocycles. The van der Waals surface area contributed by atoms with Crippen molar-refractivity contribution < 1.29 is 9.32 Å². The monoisotopic (exact) mass is 348 g/mol. The fraction of sp³-hybridized carbons (Fsp3) is 0.300. The minimum atomic E-state index is 0.0752. The van der Waals surface area contributed by atoms with Crippen molar-refractivity contribution in [2.75, 3.05) is 6.54 Å². The Morgan fingerprint density at radius 3 is 2.81 bits per heavy atom. The molecule has 6 heteroatoms. The molecule has 1 amide bonds. The molecule has 6 nitrogen and oxygen atoms in total. The van der Waals surface area contributed by atoms with Crippen LogP contribution in [0.4, 0.5) is 0 Å². The molecule has 0 radical (unpaired) electrons. The average Bonchev–Trinajstić information content (AvgIpc) is 3.37. The Morgan fingerprint density at radius 2 is 2.00 bits per heavy atom. The quantitative estimate of drug-likeness (QED) is 0.706. The van der Waals surface area contributed by atoms with Gasteiger partial charge in [0.15, 0.2) is 0 Å². The summed E-state index contributed by atoms with van der Waals surface area (Å²) in [4.78, 5) is 23.4. The van der Waals surface area contributed by atoms with Crippen LogP contribution in [-0.4, -0.2) is 32.5 Å². The summed E-state index contributed by atoms with van der Waals surface area (Å²) in [7, 11) is 0. The molecule has 0 N–H and O–H groups in total. The lowest BCUT2D eigenvalue weighted by Crippen LogP contribution is -2.31. The number of rotatable bonds is 5. The van der Waals surface area contributed by atoms with Gasteiger partial charge in [0, 0.05) is 31.1 Å². The van der Waals surface area contributed by atoms with Gasteiger partial charge in [-0.1, -0.05) is 41.6 Å². The second kappa shape index (κ2) is 7.47. The summed E-state index contributed by atoms with van der Waals surface area (Å²) in [5.41, 5.74) is 1.87. The molecule has 1 aliphatic rings. The standard InChI is InChI=1S/C20H20N4O2/c25-19(24-14-6-10-17(24)16-9-4-5-13-21-16)12-11-18-22-20(23-26-18)15-7-2-1-3-8-15/h1-5,7-9,13,17H,6,10-12,14H2. The Kier molecular flexibility index (Phi) is 4.73. The predicted molar refractivity (Wildman–Crippen MR) is 96.0 cm³/mol. The molecule has 0 spiro atoms. The van der Waals surface area contributed by atoms with Crippen molar-refractivity contribution in [2.45, 2.75) is 31.7 Å². The normalized spacial score (nSPS) is 16.8. The highest BCUT2D eigenvalue weighted by Crippen LogP contribution is 2.31. The van der Waals surface area contributed by atoms with Crippen LogP contribution >= 0.6 is 0 Å². The van der Waals surface area contributed by atoms with Crippen LogP contribution in [0.1, 0.15) is 36.9 Å². The number of carbonyl (C=O) groups excluding carboxylic acids is 1. The molecule has 132 valence electrons. The van der Waals surface area contributed by atoms with Crippen molar-refractivity contribution in [2.24, 2.45) is 0 Å². The summed E-state index contributed by atoms with van der Waals surface area (Å²) in [5.74, 6) is 1.16. The van der Waals surface area contributed by atoms with E-state index in [2.05, 4.69) is 15.1 Å². The number of nitrogens with zero attached hydrogens (tertiary/aromatic N) is 4. The number of likely N-dealkylation sites (tertiary alicyclic amines) is 1. The Hall–Kier alpha value is -3.02. The number of hydrogen-bond donors (Lipinski definition) is 0. The summed E-state index contributed by atoms with van der Waals surface area (Å²) in [6.45, 7) is 0.777. The summed E-state index contributed by atoms with van der Waals surface area (Å²) < 4.78 is 5.30. The first-order valence-electron chi connectivity index (χ1n) is 8.89. The van der Waals surface area contributed by atoms with Crippen LogP contribution in [0.2, 0.25) is 0 Å². The molecule has 1 fully saturated rings. The van der Waals surface area contributed by atoms with Crippen LogP contribution in [0.15, 0.2) is 59.3 Å². The van der Waals surface area contributed by atoms with Gasteiger partial charge in [-0.15, -0.1) is 0 Å². The summed E-state index contributed by atoms with van der Waals surface area (Å²) in [5, 5.41) is 4.00. The number of hydrogen-bond acceptors (Lipinski definition) is 5. The van der Waals surface area contributed by atoms with E-state index >= 15 is 0 Å². The van der Waals surface area contributed by atoms with Crippen LogP contribution in [0, 0.1) is 0 Å². The lowest BCUT2D eigenvalue weighted by molar-refractivity contribution is -0.132. The Bertz CT molecular complexity index is 864. The summed E-state index contributed by atoms with van der Waals surface area (Å²) >= 11 is 0. The SMILES string of the molecule is O=C(CCc1nc(-c2ccccc2)no1)N1CCCC1c1ccccn1. The van der Waals surface area contributed by atoms with E-state index in [9.17, 15) is 4.79 Å². The third-order valence-corrected chi connectivity index (χ3v) is 4.66. The number of aromatic nitrogens is 3. The third kappa shape index (κ3) is 3.49. The smallest absolute Gasteiger partial charge is 0.227 e. The number of pyridine rings is 1. The van der Waals surface area contributed by atoms with Gasteiger partial charge < -0.3 is 9.42 Å². The highest BCUT2D eigenvalue weighted by molar-refractivity contribution is 5.77. The molecular formula is C20H20N4O2. The first kappa shape index (κ1) is 16.4. The molecule has 2 aromatic heterocycles. The minimum absolute atomic E-state index is 0.0752. The Balaban J connectivity index is 1.39. The fourth-order valence-corrected chi connectivity index (χ4v) is 3.36. The molecule has 0 aliphatic carbocycles. The van der Waals surface area contributed by atoms with Gasteiger partial charge in [-0.3, -0.25) is 9.78 Å². The third-order valence-electron chi connectivity index (χ3n) is 4.66. The van der Waals surface area contributed by atoms with Crippen molar-refractivity contribution in [1.82, 2.24) is 20.0 Å². The lowest BCUT2D eigenvalue weighted by Gasteiger charge is -2.24. The zero-order valence-corrected chi connectivity index (χ0v) is 14.4. The summed E-state index contributed by atoms with van der Waals surface area (Å²) in [6.07, 6.45) is 4.55. The van der Waals surface area contributed by atoms with Crippen LogP contribution < -0.4 is 0 Å². The lowest BCUT2D eigenvalue weighted by atomic mass is 10.1. The average molecular weight is 348 g/mol. The van der Waals surface area contributed by atoms with Crippen molar-refractivity contribution in [3.05, 3.63) is 66.3 Å². The van der Waals surface area contributed by atoms with Crippen LogP contribution in [-0.2, 0) is 11.2 Å². The Morgan fingerprint density at radius 1 is 1.15 bits per heavy atom. The predicted octanol–water partition coefficient (Wildman–Crippen LogP) is 3.43. The zero-order chi connectivity index (χ0) is 17.8. The largest absolute Gasteiger partial charge is 0.339 e. The van der Waals surface area contributed by atoms with Crippen molar-refractivity contribution in [1.29, 1.82) is 0 Å². The van der Waals surface area contributed by atoms with Crippen molar-refractivity contribution in [3.63, 3.8) is 0 Å². The minimum Gasteiger partial charge on any atom is -0.339 e. The van der Waals surface area contributed by atoms with Crippen LogP contribution in [0.25, 0.3) is 11.4 Å². The molecule has 0 bridgehead atoms. The van der Waals surface area contributed by atoms with Gasteiger partial charge in [-0.25, -0.2) is 0 Å². The molecule has 1 aliphatic heterocycles. The second-order valence-electron chi connectivity index (χ2n) is 6.38.